The van der Waals surface area contributed by atoms with Crippen molar-refractivity contribution in [3.8, 4) is 0 Å². The monoisotopic (exact) mass is 513 g/mol. The van der Waals surface area contributed by atoms with Gasteiger partial charge in [-0.25, -0.2) is 0 Å². The lowest BCUT2D eigenvalue weighted by molar-refractivity contribution is 0.545. The summed E-state index contributed by atoms with van der Waals surface area (Å²) >= 11 is 0. The molecule has 206 valence electrons. The Balaban J connectivity index is 2.02. The number of hydrogen-bond donors (Lipinski definition) is 2. The second-order valence-electron chi connectivity index (χ2n) is 13.1. The van der Waals surface area contributed by atoms with Crippen molar-refractivity contribution in [1.29, 1.82) is 0 Å². The van der Waals surface area contributed by atoms with E-state index < -0.39 is 0 Å². The average Bonchev–Trinajstić information content (AvgIpc) is 2.83. The lowest BCUT2D eigenvalue weighted by atomic mass is 9.89. The highest BCUT2D eigenvalue weighted by atomic mass is 15.0. The molecule has 0 spiro atoms. The number of pyridine rings is 1. The van der Waals surface area contributed by atoms with E-state index in [1.807, 2.05) is 0 Å². The van der Waals surface area contributed by atoms with Crippen molar-refractivity contribution in [3.63, 3.8) is 0 Å². The van der Waals surface area contributed by atoms with Crippen LogP contribution in [0.1, 0.15) is 140 Å². The van der Waals surface area contributed by atoms with Gasteiger partial charge < -0.3 is 10.6 Å². The molecular formula is C35H51N3. The Morgan fingerprint density at radius 3 is 1.00 bits per heavy atom. The van der Waals surface area contributed by atoms with Crippen molar-refractivity contribution in [2.24, 2.45) is 0 Å². The summed E-state index contributed by atoms with van der Waals surface area (Å²) in [4.78, 5) is 5.28. The second kappa shape index (κ2) is 11.5. The molecule has 0 aliphatic carbocycles. The number of para-hydroxylation sites is 2. The van der Waals surface area contributed by atoms with E-state index in [1.165, 1.54) is 33.6 Å². The van der Waals surface area contributed by atoms with Crippen LogP contribution in [-0.4, -0.2) is 4.98 Å². The molecule has 3 aromatic rings. The second-order valence-corrected chi connectivity index (χ2v) is 13.1. The van der Waals surface area contributed by atoms with Crippen LogP contribution < -0.4 is 10.6 Å². The van der Waals surface area contributed by atoms with Crippen LogP contribution in [-0.2, 0) is 11.1 Å². The van der Waals surface area contributed by atoms with Gasteiger partial charge in [0.1, 0.15) is 0 Å². The van der Waals surface area contributed by atoms with E-state index in [1.54, 1.807) is 0 Å². The van der Waals surface area contributed by atoms with Crippen LogP contribution in [0.25, 0.3) is 0 Å². The van der Waals surface area contributed by atoms with Gasteiger partial charge in [0.2, 0.25) is 0 Å². The third kappa shape index (κ3) is 6.42. The van der Waals surface area contributed by atoms with E-state index in [2.05, 4.69) is 148 Å². The molecule has 2 aromatic carbocycles. The molecule has 3 rings (SSSR count). The van der Waals surface area contributed by atoms with Gasteiger partial charge in [0.05, 0.1) is 22.5 Å². The van der Waals surface area contributed by atoms with Crippen molar-refractivity contribution >= 4 is 11.4 Å². The predicted molar refractivity (Wildman–Crippen MR) is 167 cm³/mol. The summed E-state index contributed by atoms with van der Waals surface area (Å²) in [7, 11) is 0. The summed E-state index contributed by atoms with van der Waals surface area (Å²) in [5.74, 6) is 1.74. The molecule has 0 saturated carbocycles. The Hall–Kier alpha value is -2.81. The molecule has 0 amide bonds. The fourth-order valence-electron chi connectivity index (χ4n) is 5.27. The summed E-state index contributed by atoms with van der Waals surface area (Å²) in [6, 6.07) is 19.9. The van der Waals surface area contributed by atoms with Gasteiger partial charge in [0, 0.05) is 11.4 Å². The quantitative estimate of drug-likeness (QED) is 0.283. The number of rotatable bonds is 10. The molecule has 38 heavy (non-hydrogen) atoms. The zero-order valence-corrected chi connectivity index (χ0v) is 26.0. The van der Waals surface area contributed by atoms with E-state index in [0.29, 0.717) is 23.7 Å². The third-order valence-electron chi connectivity index (χ3n) is 7.65. The van der Waals surface area contributed by atoms with Crippen molar-refractivity contribution in [2.45, 2.75) is 118 Å². The summed E-state index contributed by atoms with van der Waals surface area (Å²) < 4.78 is 0. The zero-order chi connectivity index (χ0) is 28.4. The minimum atomic E-state index is -0.348. The van der Waals surface area contributed by atoms with Crippen molar-refractivity contribution in [1.82, 2.24) is 4.98 Å². The smallest absolute Gasteiger partial charge is 0.0739 e. The fourth-order valence-corrected chi connectivity index (χ4v) is 5.27. The number of nitrogens with zero attached hydrogens (tertiary/aromatic N) is 1. The Bertz CT molecular complexity index is 1090. The molecule has 1 heterocycles. The van der Waals surface area contributed by atoms with Gasteiger partial charge in [-0.1, -0.05) is 97.9 Å². The van der Waals surface area contributed by atoms with Gasteiger partial charge in [-0.2, -0.15) is 0 Å². The van der Waals surface area contributed by atoms with Crippen LogP contribution in [0.2, 0.25) is 0 Å². The van der Waals surface area contributed by atoms with Crippen molar-refractivity contribution in [2.75, 3.05) is 10.6 Å². The van der Waals surface area contributed by atoms with Crippen LogP contribution in [0.5, 0.6) is 0 Å². The molecule has 0 unspecified atom stereocenters. The Morgan fingerprint density at radius 1 is 0.474 bits per heavy atom. The number of hydrogen-bond acceptors (Lipinski definition) is 3. The average molecular weight is 514 g/mol. The zero-order valence-electron chi connectivity index (χ0n) is 26.0. The molecule has 0 aliphatic heterocycles. The number of nitrogens with one attached hydrogen (secondary N) is 2. The molecule has 3 heteroatoms. The van der Waals surface area contributed by atoms with E-state index >= 15 is 0 Å². The maximum atomic E-state index is 5.28. The summed E-state index contributed by atoms with van der Waals surface area (Å²) in [6.45, 7) is 27.1. The first-order valence-electron chi connectivity index (χ1n) is 14.5. The molecule has 0 atom stereocenters. The first-order valence-corrected chi connectivity index (χ1v) is 14.5. The minimum absolute atomic E-state index is 0.348. The molecular weight excluding hydrogens is 462 g/mol. The van der Waals surface area contributed by atoms with E-state index in [0.717, 1.165) is 11.4 Å². The van der Waals surface area contributed by atoms with Gasteiger partial charge in [-0.05, 0) is 85.8 Å². The first kappa shape index (κ1) is 29.7. The summed E-state index contributed by atoms with van der Waals surface area (Å²) in [6.07, 6.45) is 0. The van der Waals surface area contributed by atoms with Gasteiger partial charge >= 0.3 is 0 Å². The molecule has 0 fully saturated rings. The highest BCUT2D eigenvalue weighted by molar-refractivity contribution is 5.63. The minimum Gasteiger partial charge on any atom is -0.374 e. The maximum Gasteiger partial charge on any atom is 0.0739 e. The van der Waals surface area contributed by atoms with E-state index in [9.17, 15) is 0 Å². The Labute approximate surface area is 232 Å². The topological polar surface area (TPSA) is 37.0 Å². The molecule has 1 aromatic heterocycles. The van der Waals surface area contributed by atoms with E-state index in [4.69, 9.17) is 4.98 Å². The van der Waals surface area contributed by atoms with Crippen LogP contribution in [0.4, 0.5) is 11.4 Å². The standard InChI is InChI=1S/C35H51N3/c1-22(2)26-16-13-17-27(23(3)4)32(26)37-34(9,10)30-20-15-21-31(36-30)35(11,12)38-33-28(24(5)6)18-14-19-29(33)25(7)8/h13-25,37-38H,1-12H3. The normalized spacial score (nSPS) is 12.6. The van der Waals surface area contributed by atoms with Crippen molar-refractivity contribution < 1.29 is 0 Å². The molecule has 0 aliphatic rings. The van der Waals surface area contributed by atoms with Gasteiger partial charge in [-0.15, -0.1) is 0 Å². The van der Waals surface area contributed by atoms with Crippen LogP contribution in [0, 0.1) is 0 Å². The fraction of sp³-hybridized carbons (Fsp3) is 0.514. The lowest BCUT2D eigenvalue weighted by Gasteiger charge is -2.34. The SMILES string of the molecule is CC(C)c1cccc(C(C)C)c1NC(C)(C)c1cccc(C(C)(C)Nc2c(C(C)C)cccc2C(C)C)n1. The molecule has 0 radical (unpaired) electrons. The largest absolute Gasteiger partial charge is 0.374 e. The summed E-state index contributed by atoms with van der Waals surface area (Å²) in [5, 5.41) is 7.86. The third-order valence-corrected chi connectivity index (χ3v) is 7.65. The van der Waals surface area contributed by atoms with Crippen LogP contribution in [0.3, 0.4) is 0 Å². The molecule has 3 nitrogen and oxygen atoms in total. The number of benzene rings is 2. The van der Waals surface area contributed by atoms with Crippen LogP contribution >= 0.6 is 0 Å². The molecule has 2 N–H and O–H groups in total. The summed E-state index contributed by atoms with van der Waals surface area (Å²) in [5.41, 5.74) is 9.31. The van der Waals surface area contributed by atoms with Crippen molar-refractivity contribution in [3.05, 3.63) is 88.2 Å². The highest BCUT2D eigenvalue weighted by Crippen LogP contribution is 2.38. The Kier molecular flexibility index (Phi) is 9.01. The maximum absolute atomic E-state index is 5.28. The molecule has 0 bridgehead atoms. The highest BCUT2D eigenvalue weighted by Gasteiger charge is 2.30. The number of aromatic nitrogens is 1. The number of anilines is 2. The Morgan fingerprint density at radius 2 is 0.737 bits per heavy atom. The lowest BCUT2D eigenvalue weighted by Crippen LogP contribution is -2.34. The first-order chi connectivity index (χ1) is 17.7. The van der Waals surface area contributed by atoms with Gasteiger partial charge in [0.25, 0.3) is 0 Å². The predicted octanol–water partition coefficient (Wildman–Crippen LogP) is 10.3. The van der Waals surface area contributed by atoms with Crippen LogP contribution in [0.15, 0.2) is 54.6 Å². The van der Waals surface area contributed by atoms with E-state index in [-0.39, 0.29) is 11.1 Å². The van der Waals surface area contributed by atoms with Gasteiger partial charge in [0.15, 0.2) is 0 Å². The van der Waals surface area contributed by atoms with Gasteiger partial charge in [-0.3, -0.25) is 4.98 Å². The molecule has 0 saturated heterocycles.